The summed E-state index contributed by atoms with van der Waals surface area (Å²) in [4.78, 5) is 12.4. The Bertz CT molecular complexity index is 1340. The third-order valence-electron chi connectivity index (χ3n) is 7.20. The number of benzene rings is 2. The summed E-state index contributed by atoms with van der Waals surface area (Å²) in [7, 11) is -4.03. The number of carbonyl (C=O) groups is 1. The first-order valence-electron chi connectivity index (χ1n) is 11.8. The van der Waals surface area contributed by atoms with Crippen LogP contribution in [0.15, 0.2) is 47.4 Å². The molecule has 2 fully saturated rings. The average molecular weight is 558 g/mol. The molecule has 2 unspecified atom stereocenters. The van der Waals surface area contributed by atoms with Crippen molar-refractivity contribution in [2.45, 2.75) is 60.9 Å². The Labute approximate surface area is 218 Å². The maximum atomic E-state index is 13.6. The van der Waals surface area contributed by atoms with E-state index in [4.69, 9.17) is 11.6 Å². The monoisotopic (exact) mass is 557 g/mol. The third kappa shape index (κ3) is 5.43. The van der Waals surface area contributed by atoms with Crippen LogP contribution in [0.4, 0.5) is 18.9 Å². The van der Waals surface area contributed by atoms with Gasteiger partial charge < -0.3 is 15.5 Å². The minimum Gasteiger partial charge on any atom is -0.386 e. The van der Waals surface area contributed by atoms with Gasteiger partial charge in [-0.1, -0.05) is 23.8 Å². The quantitative estimate of drug-likeness (QED) is 0.341. The molecule has 2 aliphatic carbocycles. The van der Waals surface area contributed by atoms with Crippen molar-refractivity contribution in [1.82, 2.24) is 0 Å². The van der Waals surface area contributed by atoms with Crippen LogP contribution in [0.3, 0.4) is 0 Å². The van der Waals surface area contributed by atoms with Crippen molar-refractivity contribution in [2.75, 3.05) is 5.32 Å². The molecule has 11 heteroatoms. The van der Waals surface area contributed by atoms with Gasteiger partial charge in [0.2, 0.25) is 0 Å². The Morgan fingerprint density at radius 2 is 1.68 bits per heavy atom. The van der Waals surface area contributed by atoms with Crippen molar-refractivity contribution in [2.24, 2.45) is 11.8 Å². The summed E-state index contributed by atoms with van der Waals surface area (Å²) >= 11 is 6.23. The summed E-state index contributed by atoms with van der Waals surface area (Å²) in [5, 5.41) is 22.6. The number of anilines is 1. The van der Waals surface area contributed by atoms with Crippen LogP contribution in [-0.4, -0.2) is 41.0 Å². The van der Waals surface area contributed by atoms with Crippen molar-refractivity contribution in [3.8, 4) is 0 Å². The van der Waals surface area contributed by atoms with Crippen molar-refractivity contribution >= 4 is 33.0 Å². The summed E-state index contributed by atoms with van der Waals surface area (Å²) in [5.74, 6) is -6.19. The van der Waals surface area contributed by atoms with Gasteiger partial charge in [0.1, 0.15) is 0 Å². The van der Waals surface area contributed by atoms with E-state index in [-0.39, 0.29) is 45.8 Å². The number of nitrogens with one attached hydrogen (secondary N) is 1. The first-order chi connectivity index (χ1) is 17.1. The highest BCUT2D eigenvalue weighted by atomic mass is 35.5. The number of rotatable bonds is 6. The highest BCUT2D eigenvalue weighted by molar-refractivity contribution is 7.92. The molecule has 0 heterocycles. The topological polar surface area (TPSA) is 104 Å². The Morgan fingerprint density at radius 1 is 1.11 bits per heavy atom. The van der Waals surface area contributed by atoms with Gasteiger partial charge in [-0.25, -0.2) is 21.6 Å². The zero-order valence-corrected chi connectivity index (χ0v) is 21.7. The molecule has 4 rings (SSSR count). The Morgan fingerprint density at radius 3 is 2.22 bits per heavy atom. The van der Waals surface area contributed by atoms with Crippen molar-refractivity contribution in [3.63, 3.8) is 0 Å². The molecule has 0 aliphatic heterocycles. The Hall–Kier alpha value is -2.40. The molecule has 2 bridgehead atoms. The molecule has 0 spiro atoms. The lowest BCUT2D eigenvalue weighted by Crippen LogP contribution is -2.47. The van der Waals surface area contributed by atoms with Crippen LogP contribution in [0.5, 0.6) is 0 Å². The molecular weight excluding hydrogens is 531 g/mol. The predicted octanol–water partition coefficient (Wildman–Crippen LogP) is 5.03. The third-order valence-corrected chi connectivity index (χ3v) is 9.86. The van der Waals surface area contributed by atoms with Gasteiger partial charge in [0.05, 0.1) is 26.4 Å². The molecule has 37 heavy (non-hydrogen) atoms. The van der Waals surface area contributed by atoms with Gasteiger partial charge in [-0.15, -0.1) is 0 Å². The summed E-state index contributed by atoms with van der Waals surface area (Å²) in [6, 6.07) is 4.82. The molecule has 2 atom stereocenters. The van der Waals surface area contributed by atoms with Gasteiger partial charge in [0.15, 0.2) is 27.3 Å². The molecule has 2 saturated carbocycles. The number of fused-ring (bicyclic) bond motifs is 2. The van der Waals surface area contributed by atoms with Gasteiger partial charge >= 0.3 is 0 Å². The minimum absolute atomic E-state index is 0.0921. The van der Waals surface area contributed by atoms with E-state index in [2.05, 4.69) is 5.32 Å². The molecule has 2 aromatic carbocycles. The standard InChI is InChI=1S/C26H27ClF3NO5S/c1-25(2,33)7-8-26(34)15-4-5-16(26)11-18(10-15)37(35,36)22-9-14(3-6-19(22)27)24(32)31-17-12-20(28)23(30)21(29)13-17/h3,6-9,12-13,15-16,18,33-34H,4-5,10-11H2,1-2H3,(H,31,32)/b8-7-. The number of halogens is 4. The van der Waals surface area contributed by atoms with Crippen LogP contribution in [0.2, 0.25) is 5.02 Å². The predicted molar refractivity (Wildman–Crippen MR) is 133 cm³/mol. The number of carbonyl (C=O) groups excluding carboxylic acids is 1. The molecule has 6 nitrogen and oxygen atoms in total. The molecule has 3 N–H and O–H groups in total. The molecule has 0 aromatic heterocycles. The number of hydrogen-bond acceptors (Lipinski definition) is 5. The lowest BCUT2D eigenvalue weighted by atomic mass is 9.73. The lowest BCUT2D eigenvalue weighted by molar-refractivity contribution is -0.0159. The molecule has 2 aromatic rings. The van der Waals surface area contributed by atoms with Crippen molar-refractivity contribution in [3.05, 3.63) is 70.5 Å². The lowest BCUT2D eigenvalue weighted by Gasteiger charge is -2.41. The Balaban J connectivity index is 1.58. The Kier molecular flexibility index (Phi) is 7.26. The zero-order valence-electron chi connectivity index (χ0n) is 20.1. The van der Waals surface area contributed by atoms with Gasteiger partial charge in [-0.2, -0.15) is 0 Å². The van der Waals surface area contributed by atoms with Crippen molar-refractivity contribution in [1.29, 1.82) is 0 Å². The summed E-state index contributed by atoms with van der Waals surface area (Å²) < 4.78 is 67.4. The van der Waals surface area contributed by atoms with E-state index in [9.17, 15) is 36.6 Å². The first kappa shape index (κ1) is 27.6. The van der Waals surface area contributed by atoms with E-state index in [1.54, 1.807) is 19.9 Å². The fraction of sp³-hybridized carbons (Fsp3) is 0.423. The van der Waals surface area contributed by atoms with Crippen LogP contribution in [0.1, 0.15) is 49.9 Å². The molecule has 0 saturated heterocycles. The second-order valence-electron chi connectivity index (χ2n) is 10.3. The second kappa shape index (κ2) is 9.72. The minimum atomic E-state index is -4.03. The van der Waals surface area contributed by atoms with E-state index < -0.39 is 49.6 Å². The van der Waals surface area contributed by atoms with E-state index in [0.717, 1.165) is 6.07 Å². The van der Waals surface area contributed by atoms with Crippen LogP contribution in [-0.2, 0) is 9.84 Å². The molecular formula is C26H27ClF3NO5S. The number of hydrogen-bond donors (Lipinski definition) is 3. The van der Waals surface area contributed by atoms with Gasteiger partial charge in [-0.3, -0.25) is 4.79 Å². The number of amides is 1. The normalized spacial score (nSPS) is 26.0. The van der Waals surface area contributed by atoms with Crippen LogP contribution < -0.4 is 5.32 Å². The fourth-order valence-corrected chi connectivity index (χ4v) is 7.68. The molecule has 1 amide bonds. The van der Waals surface area contributed by atoms with Gasteiger partial charge in [-0.05, 0) is 69.6 Å². The SMILES string of the molecule is CC(C)(O)/C=C\C1(O)C2CCC1CC(S(=O)(=O)c1cc(C(=O)Nc3cc(F)c(F)c(F)c3)ccc1Cl)C2. The maximum absolute atomic E-state index is 13.6. The summed E-state index contributed by atoms with van der Waals surface area (Å²) in [6.07, 6.45) is 4.70. The van der Waals surface area contributed by atoms with Crippen LogP contribution in [0.25, 0.3) is 0 Å². The van der Waals surface area contributed by atoms with E-state index in [0.29, 0.717) is 25.0 Å². The fourth-order valence-electron chi connectivity index (χ4n) is 5.28. The number of sulfone groups is 1. The van der Waals surface area contributed by atoms with Crippen molar-refractivity contribution < 1.29 is 36.6 Å². The average Bonchev–Trinajstić information content (AvgIpc) is 2.97. The first-order valence-corrected chi connectivity index (χ1v) is 13.7. The maximum Gasteiger partial charge on any atom is 0.255 e. The van der Waals surface area contributed by atoms with E-state index in [1.807, 2.05) is 0 Å². The van der Waals surface area contributed by atoms with Gasteiger partial charge in [0, 0.05) is 23.4 Å². The smallest absolute Gasteiger partial charge is 0.255 e. The van der Waals surface area contributed by atoms with Crippen LogP contribution >= 0.6 is 11.6 Å². The summed E-state index contributed by atoms with van der Waals surface area (Å²) in [6.45, 7) is 3.16. The largest absolute Gasteiger partial charge is 0.386 e. The molecule has 200 valence electrons. The highest BCUT2D eigenvalue weighted by Gasteiger charge is 2.54. The zero-order chi connectivity index (χ0) is 27.3. The van der Waals surface area contributed by atoms with E-state index in [1.165, 1.54) is 18.2 Å². The molecule has 2 aliphatic rings. The van der Waals surface area contributed by atoms with Gasteiger partial charge in [0.25, 0.3) is 5.91 Å². The molecule has 0 radical (unpaired) electrons. The number of aliphatic hydroxyl groups is 2. The van der Waals surface area contributed by atoms with E-state index >= 15 is 0 Å². The highest BCUT2D eigenvalue weighted by Crippen LogP contribution is 2.53. The second-order valence-corrected chi connectivity index (χ2v) is 12.9. The van der Waals surface area contributed by atoms with Crippen LogP contribution in [0, 0.1) is 29.3 Å². The summed E-state index contributed by atoms with van der Waals surface area (Å²) in [5.41, 5.74) is -2.82.